The van der Waals surface area contributed by atoms with E-state index in [0.29, 0.717) is 17.8 Å². The van der Waals surface area contributed by atoms with Crippen LogP contribution in [0.5, 0.6) is 0 Å². The van der Waals surface area contributed by atoms with Gasteiger partial charge < -0.3 is 5.32 Å². The lowest BCUT2D eigenvalue weighted by Crippen LogP contribution is -2.30. The molecule has 0 radical (unpaired) electrons. The highest BCUT2D eigenvalue weighted by atomic mass is 19.4. The first-order valence-corrected chi connectivity index (χ1v) is 5.99. The van der Waals surface area contributed by atoms with Gasteiger partial charge in [0.2, 0.25) is 0 Å². The number of non-ortho nitro benzene ring substituents is 1. The number of nitrogens with one attached hydrogen (secondary N) is 1. The predicted molar refractivity (Wildman–Crippen MR) is 69.6 cm³/mol. The molecule has 0 bridgehead atoms. The molecule has 0 aliphatic rings. The summed E-state index contributed by atoms with van der Waals surface area (Å²) in [4.78, 5) is 11.2. The topological polar surface area (TPSA) is 58.4 Å². The first kappa shape index (κ1) is 16.2. The largest absolute Gasteiger partial charge is 0.401 e. The van der Waals surface area contributed by atoms with Crippen LogP contribution in [0.2, 0.25) is 0 Å². The molecule has 1 N–H and O–H groups in total. The summed E-state index contributed by atoms with van der Waals surface area (Å²) in [5, 5.41) is 13.7. The maximum atomic E-state index is 12.3. The SMILES string of the molecule is CCNc1ccc([N+](=O)[O-])cc1CN(C)CC(F)(F)F. The molecule has 0 spiro atoms. The highest BCUT2D eigenvalue weighted by Gasteiger charge is 2.29. The summed E-state index contributed by atoms with van der Waals surface area (Å²) < 4.78 is 36.9. The number of halogens is 3. The fraction of sp³-hybridized carbons (Fsp3) is 0.500. The van der Waals surface area contributed by atoms with E-state index < -0.39 is 17.6 Å². The van der Waals surface area contributed by atoms with Gasteiger partial charge in [-0.15, -0.1) is 0 Å². The zero-order valence-electron chi connectivity index (χ0n) is 11.2. The normalized spacial score (nSPS) is 11.7. The molecule has 1 rings (SSSR count). The third kappa shape index (κ3) is 5.04. The number of alkyl halides is 3. The van der Waals surface area contributed by atoms with Crippen molar-refractivity contribution in [3.8, 4) is 0 Å². The standard InChI is InChI=1S/C12H16F3N3O2/c1-3-16-11-5-4-10(18(19)20)6-9(11)7-17(2)8-12(13,14)15/h4-6,16H,3,7-8H2,1-2H3. The van der Waals surface area contributed by atoms with Crippen molar-refractivity contribution in [3.05, 3.63) is 33.9 Å². The quantitative estimate of drug-likeness (QED) is 0.646. The molecular formula is C12H16F3N3O2. The van der Waals surface area contributed by atoms with Crippen LogP contribution in [-0.2, 0) is 6.54 Å². The van der Waals surface area contributed by atoms with Crippen LogP contribution in [0.3, 0.4) is 0 Å². The Morgan fingerprint density at radius 2 is 2.05 bits per heavy atom. The molecule has 0 unspecified atom stereocenters. The minimum Gasteiger partial charge on any atom is -0.385 e. The van der Waals surface area contributed by atoms with Crippen LogP contribution in [0.1, 0.15) is 12.5 Å². The lowest BCUT2D eigenvalue weighted by Gasteiger charge is -2.20. The lowest BCUT2D eigenvalue weighted by molar-refractivity contribution is -0.384. The van der Waals surface area contributed by atoms with E-state index in [0.717, 1.165) is 4.90 Å². The van der Waals surface area contributed by atoms with E-state index in [-0.39, 0.29) is 12.2 Å². The van der Waals surface area contributed by atoms with Gasteiger partial charge in [0, 0.05) is 30.9 Å². The summed E-state index contributed by atoms with van der Waals surface area (Å²) in [6, 6.07) is 4.13. The van der Waals surface area contributed by atoms with Crippen molar-refractivity contribution in [3.63, 3.8) is 0 Å². The van der Waals surface area contributed by atoms with Crippen molar-refractivity contribution >= 4 is 11.4 Å². The number of nitro groups is 1. The first-order chi connectivity index (χ1) is 9.23. The van der Waals surface area contributed by atoms with Gasteiger partial charge in [0.1, 0.15) is 0 Å². The van der Waals surface area contributed by atoms with Crippen LogP contribution in [-0.4, -0.2) is 36.1 Å². The maximum absolute atomic E-state index is 12.3. The predicted octanol–water partition coefficient (Wildman–Crippen LogP) is 3.02. The Kier molecular flexibility index (Phi) is 5.32. The number of hydrogen-bond acceptors (Lipinski definition) is 4. The molecule has 20 heavy (non-hydrogen) atoms. The minimum atomic E-state index is -4.30. The van der Waals surface area contributed by atoms with E-state index in [1.807, 2.05) is 6.92 Å². The summed E-state index contributed by atoms with van der Waals surface area (Å²) in [5.41, 5.74) is 0.932. The number of hydrogen-bond donors (Lipinski definition) is 1. The van der Waals surface area contributed by atoms with Crippen molar-refractivity contribution in [2.45, 2.75) is 19.6 Å². The molecule has 0 heterocycles. The molecule has 0 atom stereocenters. The Balaban J connectivity index is 2.94. The van der Waals surface area contributed by atoms with Crippen molar-refractivity contribution < 1.29 is 18.1 Å². The third-order valence-corrected chi connectivity index (χ3v) is 2.56. The monoisotopic (exact) mass is 291 g/mol. The summed E-state index contributed by atoms with van der Waals surface area (Å²) in [6.45, 7) is 1.32. The zero-order chi connectivity index (χ0) is 15.3. The van der Waals surface area contributed by atoms with Crippen molar-refractivity contribution in [1.82, 2.24) is 4.90 Å². The van der Waals surface area contributed by atoms with E-state index >= 15 is 0 Å². The molecular weight excluding hydrogens is 275 g/mol. The average molecular weight is 291 g/mol. The van der Waals surface area contributed by atoms with Crippen molar-refractivity contribution in [1.29, 1.82) is 0 Å². The van der Waals surface area contributed by atoms with Crippen LogP contribution in [0.25, 0.3) is 0 Å². The lowest BCUT2D eigenvalue weighted by atomic mass is 10.1. The number of anilines is 1. The Bertz CT molecular complexity index is 478. The number of rotatable bonds is 6. The molecule has 0 aliphatic heterocycles. The molecule has 0 amide bonds. The molecule has 0 aliphatic carbocycles. The number of nitrogens with zero attached hydrogens (tertiary/aromatic N) is 2. The van der Waals surface area contributed by atoms with E-state index in [2.05, 4.69) is 5.32 Å². The van der Waals surface area contributed by atoms with E-state index in [1.165, 1.54) is 25.2 Å². The van der Waals surface area contributed by atoms with Gasteiger partial charge >= 0.3 is 6.18 Å². The van der Waals surface area contributed by atoms with Crippen LogP contribution in [0, 0.1) is 10.1 Å². The molecule has 8 heteroatoms. The molecule has 5 nitrogen and oxygen atoms in total. The Hall–Kier alpha value is -1.83. The molecule has 0 fully saturated rings. The second-order valence-corrected chi connectivity index (χ2v) is 4.42. The molecule has 0 saturated heterocycles. The van der Waals surface area contributed by atoms with Gasteiger partial charge in [0.05, 0.1) is 11.5 Å². The van der Waals surface area contributed by atoms with E-state index in [4.69, 9.17) is 0 Å². The summed E-state index contributed by atoms with van der Waals surface area (Å²) in [6.07, 6.45) is -4.30. The van der Waals surface area contributed by atoms with Crippen LogP contribution < -0.4 is 5.32 Å². The maximum Gasteiger partial charge on any atom is 0.401 e. The molecule has 1 aromatic carbocycles. The van der Waals surface area contributed by atoms with Gasteiger partial charge in [-0.1, -0.05) is 0 Å². The van der Waals surface area contributed by atoms with E-state index in [1.54, 1.807) is 0 Å². The van der Waals surface area contributed by atoms with Gasteiger partial charge in [0.25, 0.3) is 5.69 Å². The molecule has 0 aromatic heterocycles. The van der Waals surface area contributed by atoms with Crippen LogP contribution >= 0.6 is 0 Å². The van der Waals surface area contributed by atoms with Gasteiger partial charge in [-0.25, -0.2) is 0 Å². The van der Waals surface area contributed by atoms with Gasteiger partial charge in [0.15, 0.2) is 0 Å². The van der Waals surface area contributed by atoms with Gasteiger partial charge in [-0.3, -0.25) is 15.0 Å². The number of benzene rings is 1. The summed E-state index contributed by atoms with van der Waals surface area (Å²) in [7, 11) is 1.32. The van der Waals surface area contributed by atoms with Crippen LogP contribution in [0.4, 0.5) is 24.5 Å². The number of nitro benzene ring substituents is 1. The zero-order valence-corrected chi connectivity index (χ0v) is 11.2. The smallest absolute Gasteiger partial charge is 0.385 e. The highest BCUT2D eigenvalue weighted by Crippen LogP contribution is 2.24. The molecule has 0 saturated carbocycles. The van der Waals surface area contributed by atoms with E-state index in [9.17, 15) is 23.3 Å². The molecule has 112 valence electrons. The Labute approximate surface area is 114 Å². The van der Waals surface area contributed by atoms with Crippen molar-refractivity contribution in [2.75, 3.05) is 25.5 Å². The van der Waals surface area contributed by atoms with Crippen LogP contribution in [0.15, 0.2) is 18.2 Å². The Morgan fingerprint density at radius 1 is 1.40 bits per heavy atom. The minimum absolute atomic E-state index is 0.0243. The van der Waals surface area contributed by atoms with Gasteiger partial charge in [-0.2, -0.15) is 13.2 Å². The molecule has 1 aromatic rings. The second-order valence-electron chi connectivity index (χ2n) is 4.42. The second kappa shape index (κ2) is 6.56. The highest BCUT2D eigenvalue weighted by molar-refractivity contribution is 5.56. The summed E-state index contributed by atoms with van der Waals surface area (Å²) in [5.74, 6) is 0. The average Bonchev–Trinajstić information content (AvgIpc) is 2.28. The van der Waals surface area contributed by atoms with Gasteiger partial charge in [-0.05, 0) is 25.6 Å². The summed E-state index contributed by atoms with van der Waals surface area (Å²) >= 11 is 0. The fourth-order valence-electron chi connectivity index (χ4n) is 1.84. The fourth-order valence-corrected chi connectivity index (χ4v) is 1.84. The Morgan fingerprint density at radius 3 is 2.55 bits per heavy atom. The first-order valence-electron chi connectivity index (χ1n) is 5.99. The van der Waals surface area contributed by atoms with Crippen molar-refractivity contribution in [2.24, 2.45) is 0 Å². The third-order valence-electron chi connectivity index (χ3n) is 2.56.